The predicted molar refractivity (Wildman–Crippen MR) is 88.7 cm³/mol. The van der Waals surface area contributed by atoms with E-state index in [1.807, 2.05) is 12.1 Å². The molecule has 0 aliphatic heterocycles. The molecular formula is C18H15N3O4. The summed E-state index contributed by atoms with van der Waals surface area (Å²) in [6.45, 7) is 0.286. The van der Waals surface area contributed by atoms with Crippen LogP contribution in [0.5, 0.6) is 0 Å². The van der Waals surface area contributed by atoms with Crippen LogP contribution in [-0.2, 0) is 11.3 Å². The molecule has 0 saturated heterocycles. The van der Waals surface area contributed by atoms with Crippen molar-refractivity contribution in [1.29, 1.82) is 0 Å². The molecule has 3 rings (SSSR count). The predicted octanol–water partition coefficient (Wildman–Crippen LogP) is 2.45. The van der Waals surface area contributed by atoms with Crippen LogP contribution in [0.2, 0.25) is 0 Å². The smallest absolute Gasteiger partial charge is 0.360 e. The topological polar surface area (TPSA) is 94.3 Å². The van der Waals surface area contributed by atoms with Crippen LogP contribution in [0.1, 0.15) is 26.5 Å². The zero-order valence-corrected chi connectivity index (χ0v) is 13.4. The number of rotatable bonds is 5. The largest absolute Gasteiger partial charge is 0.464 e. The van der Waals surface area contributed by atoms with Crippen LogP contribution < -0.4 is 5.32 Å². The number of pyridine rings is 1. The molecule has 1 amide bonds. The maximum atomic E-state index is 12.6. The number of amides is 1. The molecule has 0 saturated carbocycles. The number of methoxy groups -OCH3 is 1. The number of hydrogen-bond acceptors (Lipinski definition) is 6. The third-order valence-corrected chi connectivity index (χ3v) is 3.52. The van der Waals surface area contributed by atoms with Gasteiger partial charge in [-0.1, -0.05) is 24.3 Å². The molecule has 0 atom stereocenters. The molecule has 126 valence electrons. The van der Waals surface area contributed by atoms with Crippen molar-refractivity contribution in [3.63, 3.8) is 0 Å². The first-order chi connectivity index (χ1) is 12.2. The van der Waals surface area contributed by atoms with E-state index in [0.29, 0.717) is 11.1 Å². The number of hydrogen-bond donors (Lipinski definition) is 1. The highest BCUT2D eigenvalue weighted by atomic mass is 16.5. The second-order valence-corrected chi connectivity index (χ2v) is 5.07. The summed E-state index contributed by atoms with van der Waals surface area (Å²) in [5.41, 5.74) is 1.58. The van der Waals surface area contributed by atoms with Crippen LogP contribution in [-0.4, -0.2) is 29.0 Å². The van der Waals surface area contributed by atoms with E-state index >= 15 is 0 Å². The van der Waals surface area contributed by atoms with Crippen molar-refractivity contribution < 1.29 is 18.7 Å². The fourth-order valence-electron chi connectivity index (χ4n) is 2.33. The molecule has 2 heterocycles. The highest BCUT2D eigenvalue weighted by molar-refractivity contribution is 6.03. The van der Waals surface area contributed by atoms with E-state index in [1.54, 1.807) is 36.5 Å². The number of carbonyl (C=O) groups is 2. The molecule has 1 aromatic carbocycles. The monoisotopic (exact) mass is 337 g/mol. The van der Waals surface area contributed by atoms with Gasteiger partial charge >= 0.3 is 5.97 Å². The van der Waals surface area contributed by atoms with Gasteiger partial charge in [0.15, 0.2) is 17.8 Å². The summed E-state index contributed by atoms with van der Waals surface area (Å²) < 4.78 is 10.0. The zero-order valence-electron chi connectivity index (χ0n) is 13.4. The summed E-state index contributed by atoms with van der Waals surface area (Å²) in [5, 5.41) is 2.80. The SMILES string of the molecule is COC(=O)c1ncoc1-c1ccccc1C(=O)NCc1ccccn1. The van der Waals surface area contributed by atoms with Gasteiger partial charge in [-0.2, -0.15) is 0 Å². The van der Waals surface area contributed by atoms with E-state index in [9.17, 15) is 9.59 Å². The van der Waals surface area contributed by atoms with Crippen molar-refractivity contribution in [3.8, 4) is 11.3 Å². The summed E-state index contributed by atoms with van der Waals surface area (Å²) in [6, 6.07) is 12.3. The number of benzene rings is 1. The number of aromatic nitrogens is 2. The van der Waals surface area contributed by atoms with Crippen LogP contribution in [0.15, 0.2) is 59.5 Å². The average Bonchev–Trinajstić information content (AvgIpc) is 3.16. The number of carbonyl (C=O) groups excluding carboxylic acids is 2. The summed E-state index contributed by atoms with van der Waals surface area (Å²) in [6.07, 6.45) is 2.80. The molecule has 7 heteroatoms. The minimum absolute atomic E-state index is 0.0208. The molecule has 0 aliphatic rings. The van der Waals surface area contributed by atoms with Crippen molar-refractivity contribution >= 4 is 11.9 Å². The number of nitrogens with one attached hydrogen (secondary N) is 1. The second-order valence-electron chi connectivity index (χ2n) is 5.07. The van der Waals surface area contributed by atoms with E-state index in [1.165, 1.54) is 7.11 Å². The van der Waals surface area contributed by atoms with E-state index < -0.39 is 5.97 Å². The third-order valence-electron chi connectivity index (χ3n) is 3.52. The third kappa shape index (κ3) is 3.55. The quantitative estimate of drug-likeness (QED) is 0.719. The fraction of sp³-hybridized carbons (Fsp3) is 0.111. The Morgan fingerprint density at radius 1 is 1.12 bits per heavy atom. The molecule has 3 aromatic rings. The molecule has 0 spiro atoms. The number of ether oxygens (including phenoxy) is 1. The van der Waals surface area contributed by atoms with Gasteiger partial charge in [-0.05, 0) is 18.2 Å². The highest BCUT2D eigenvalue weighted by Crippen LogP contribution is 2.27. The molecular weight excluding hydrogens is 322 g/mol. The van der Waals surface area contributed by atoms with Gasteiger partial charge in [0.2, 0.25) is 0 Å². The number of esters is 1. The van der Waals surface area contributed by atoms with Crippen molar-refractivity contribution in [3.05, 3.63) is 72.0 Å². The highest BCUT2D eigenvalue weighted by Gasteiger charge is 2.23. The summed E-state index contributed by atoms with van der Waals surface area (Å²) in [5.74, 6) is -0.753. The van der Waals surface area contributed by atoms with Gasteiger partial charge in [0.1, 0.15) is 0 Å². The van der Waals surface area contributed by atoms with E-state index in [0.717, 1.165) is 12.1 Å². The minimum atomic E-state index is -0.632. The summed E-state index contributed by atoms with van der Waals surface area (Å²) >= 11 is 0. The van der Waals surface area contributed by atoms with Crippen LogP contribution >= 0.6 is 0 Å². The Bertz CT molecular complexity index is 890. The number of nitrogens with zero attached hydrogens (tertiary/aromatic N) is 2. The van der Waals surface area contributed by atoms with Crippen LogP contribution in [0, 0.1) is 0 Å². The van der Waals surface area contributed by atoms with Gasteiger partial charge in [-0.15, -0.1) is 0 Å². The molecule has 0 unspecified atom stereocenters. The maximum Gasteiger partial charge on any atom is 0.360 e. The summed E-state index contributed by atoms with van der Waals surface area (Å²) in [7, 11) is 1.26. The molecule has 25 heavy (non-hydrogen) atoms. The Morgan fingerprint density at radius 3 is 2.68 bits per heavy atom. The van der Waals surface area contributed by atoms with Crippen LogP contribution in [0.25, 0.3) is 11.3 Å². The lowest BCUT2D eigenvalue weighted by Gasteiger charge is -2.09. The van der Waals surface area contributed by atoms with Crippen LogP contribution in [0.3, 0.4) is 0 Å². The Morgan fingerprint density at radius 2 is 1.92 bits per heavy atom. The minimum Gasteiger partial charge on any atom is -0.464 e. The fourth-order valence-corrected chi connectivity index (χ4v) is 2.33. The normalized spacial score (nSPS) is 10.3. The second kappa shape index (κ2) is 7.39. The molecule has 0 aliphatic carbocycles. The lowest BCUT2D eigenvalue weighted by Crippen LogP contribution is -2.24. The van der Waals surface area contributed by atoms with E-state index in [4.69, 9.17) is 9.15 Å². The average molecular weight is 337 g/mol. The van der Waals surface area contributed by atoms with Gasteiger partial charge < -0.3 is 14.5 Å². The lowest BCUT2D eigenvalue weighted by atomic mass is 10.0. The molecule has 1 N–H and O–H groups in total. The Kier molecular flexibility index (Phi) is 4.84. The standard InChI is InChI=1S/C18H15N3O4/c1-24-18(23)15-16(25-11-21-15)13-7-2-3-8-14(13)17(22)20-10-12-6-4-5-9-19-12/h2-9,11H,10H2,1H3,(H,20,22). The van der Waals surface area contributed by atoms with Crippen molar-refractivity contribution in [2.45, 2.75) is 6.54 Å². The van der Waals surface area contributed by atoms with Gasteiger partial charge in [0.05, 0.1) is 24.9 Å². The molecule has 0 bridgehead atoms. The van der Waals surface area contributed by atoms with Gasteiger partial charge in [-0.25, -0.2) is 9.78 Å². The maximum absolute atomic E-state index is 12.6. The Balaban J connectivity index is 1.87. The summed E-state index contributed by atoms with van der Waals surface area (Å²) in [4.78, 5) is 32.4. The molecule has 7 nitrogen and oxygen atoms in total. The molecule has 0 radical (unpaired) electrons. The first-order valence-corrected chi connectivity index (χ1v) is 7.50. The Labute approximate surface area is 143 Å². The first-order valence-electron chi connectivity index (χ1n) is 7.50. The molecule has 2 aromatic heterocycles. The van der Waals surface area contributed by atoms with Crippen molar-refractivity contribution in [2.75, 3.05) is 7.11 Å². The van der Waals surface area contributed by atoms with Crippen LogP contribution in [0.4, 0.5) is 0 Å². The molecule has 0 fully saturated rings. The Hall–Kier alpha value is -3.48. The van der Waals surface area contributed by atoms with Crippen molar-refractivity contribution in [1.82, 2.24) is 15.3 Å². The number of oxazole rings is 1. The lowest BCUT2D eigenvalue weighted by molar-refractivity contribution is 0.0595. The van der Waals surface area contributed by atoms with Gasteiger partial charge in [0, 0.05) is 11.8 Å². The van der Waals surface area contributed by atoms with E-state index in [2.05, 4.69) is 15.3 Å². The zero-order chi connectivity index (χ0) is 17.6. The van der Waals surface area contributed by atoms with Gasteiger partial charge in [0.25, 0.3) is 5.91 Å². The first kappa shape index (κ1) is 16.4. The van der Waals surface area contributed by atoms with Crippen molar-refractivity contribution in [2.24, 2.45) is 0 Å². The van der Waals surface area contributed by atoms with Gasteiger partial charge in [-0.3, -0.25) is 9.78 Å². The van der Waals surface area contributed by atoms with E-state index in [-0.39, 0.29) is 23.9 Å².